The zero-order valence-corrected chi connectivity index (χ0v) is 13.0. The predicted octanol–water partition coefficient (Wildman–Crippen LogP) is 1.77. The minimum atomic E-state index is -3.59. The molecule has 114 valence electrons. The first-order valence-electron chi connectivity index (χ1n) is 6.78. The molecule has 0 radical (unpaired) electrons. The molecule has 21 heavy (non-hydrogen) atoms. The van der Waals surface area contributed by atoms with Gasteiger partial charge in [-0.05, 0) is 44.5 Å². The molecule has 0 unspecified atom stereocenters. The van der Waals surface area contributed by atoms with Gasteiger partial charge in [0.1, 0.15) is 0 Å². The molecule has 0 bridgehead atoms. The normalized spacial score (nSPS) is 11.8. The molecule has 0 aliphatic carbocycles. The molecule has 0 atom stereocenters. The predicted molar refractivity (Wildman–Crippen MR) is 82.6 cm³/mol. The molecule has 0 saturated carbocycles. The molecule has 1 aromatic heterocycles. The minimum Gasteiger partial charge on any atom is -0.330 e. The maximum atomic E-state index is 12.3. The molecule has 0 aliphatic heterocycles. The van der Waals surface area contributed by atoms with Gasteiger partial charge < -0.3 is 5.73 Å². The summed E-state index contributed by atoms with van der Waals surface area (Å²) >= 11 is 0. The van der Waals surface area contributed by atoms with Gasteiger partial charge in [-0.25, -0.2) is 8.42 Å². The number of benzene rings is 1. The second kappa shape index (κ2) is 6.28. The van der Waals surface area contributed by atoms with Crippen LogP contribution in [0.15, 0.2) is 41.6 Å². The molecule has 0 amide bonds. The molecule has 0 saturated heterocycles. The molecular weight excluding hydrogens is 288 g/mol. The maximum absolute atomic E-state index is 12.3. The third kappa shape index (κ3) is 3.83. The fourth-order valence-corrected chi connectivity index (χ4v) is 2.92. The lowest BCUT2D eigenvalue weighted by molar-refractivity contribution is 0.532. The third-order valence-corrected chi connectivity index (χ3v) is 4.45. The molecule has 0 spiro atoms. The van der Waals surface area contributed by atoms with Gasteiger partial charge in [0.25, 0.3) is 10.0 Å². The van der Waals surface area contributed by atoms with Gasteiger partial charge in [-0.15, -0.1) is 0 Å². The van der Waals surface area contributed by atoms with Gasteiger partial charge in [-0.2, -0.15) is 5.10 Å². The summed E-state index contributed by atoms with van der Waals surface area (Å²) in [6.45, 7) is 4.49. The fraction of sp³-hybridized carbons (Fsp3) is 0.357. The van der Waals surface area contributed by atoms with Crippen molar-refractivity contribution in [2.24, 2.45) is 5.73 Å². The van der Waals surface area contributed by atoms with E-state index in [4.69, 9.17) is 5.73 Å². The molecule has 2 aromatic rings. The number of nitrogens with two attached hydrogens (primary N) is 1. The molecule has 1 aromatic carbocycles. The van der Waals surface area contributed by atoms with Gasteiger partial charge in [0.15, 0.2) is 0 Å². The van der Waals surface area contributed by atoms with E-state index >= 15 is 0 Å². The highest BCUT2D eigenvalue weighted by molar-refractivity contribution is 7.92. The van der Waals surface area contributed by atoms with Crippen molar-refractivity contribution >= 4 is 15.7 Å². The van der Waals surface area contributed by atoms with Crippen molar-refractivity contribution in [3.8, 4) is 0 Å². The summed E-state index contributed by atoms with van der Waals surface area (Å²) in [5.74, 6) is 0. The molecule has 2 rings (SSSR count). The first kappa shape index (κ1) is 15.5. The molecule has 3 N–H and O–H groups in total. The number of hydrogen-bond donors (Lipinski definition) is 2. The first-order valence-corrected chi connectivity index (χ1v) is 8.26. The Morgan fingerprint density at radius 1 is 1.29 bits per heavy atom. The Morgan fingerprint density at radius 3 is 2.48 bits per heavy atom. The van der Waals surface area contributed by atoms with E-state index in [1.54, 1.807) is 35.1 Å². The van der Waals surface area contributed by atoms with E-state index in [-0.39, 0.29) is 10.9 Å². The highest BCUT2D eigenvalue weighted by Gasteiger charge is 2.15. The average Bonchev–Trinajstić information content (AvgIpc) is 2.88. The van der Waals surface area contributed by atoms with Crippen LogP contribution in [-0.4, -0.2) is 24.7 Å². The van der Waals surface area contributed by atoms with Crippen molar-refractivity contribution in [2.45, 2.75) is 31.2 Å². The molecular formula is C14H20N4O2S. The quantitative estimate of drug-likeness (QED) is 0.851. The van der Waals surface area contributed by atoms with Crippen LogP contribution in [0.1, 0.15) is 25.5 Å². The smallest absolute Gasteiger partial charge is 0.261 e. The Bertz CT molecular complexity index is 690. The van der Waals surface area contributed by atoms with Crippen LogP contribution < -0.4 is 10.5 Å². The van der Waals surface area contributed by atoms with Crippen LogP contribution in [0.4, 0.5) is 5.69 Å². The lowest BCUT2D eigenvalue weighted by Gasteiger charge is -2.07. The second-order valence-electron chi connectivity index (χ2n) is 5.09. The zero-order valence-electron chi connectivity index (χ0n) is 12.2. The Labute approximate surface area is 125 Å². The van der Waals surface area contributed by atoms with Crippen LogP contribution in [0.5, 0.6) is 0 Å². The maximum Gasteiger partial charge on any atom is 0.261 e. The van der Waals surface area contributed by atoms with Crippen LogP contribution in [0.2, 0.25) is 0 Å². The molecule has 0 aliphatic rings. The topological polar surface area (TPSA) is 90.0 Å². The largest absolute Gasteiger partial charge is 0.330 e. The van der Waals surface area contributed by atoms with E-state index < -0.39 is 10.0 Å². The van der Waals surface area contributed by atoms with Crippen LogP contribution in [0.25, 0.3) is 0 Å². The number of aromatic nitrogens is 2. The highest BCUT2D eigenvalue weighted by Crippen LogP contribution is 2.17. The van der Waals surface area contributed by atoms with Crippen molar-refractivity contribution < 1.29 is 8.42 Å². The lowest BCUT2D eigenvalue weighted by Crippen LogP contribution is -2.12. The van der Waals surface area contributed by atoms with Gasteiger partial charge in [-0.1, -0.05) is 12.1 Å². The van der Waals surface area contributed by atoms with E-state index in [1.165, 1.54) is 6.20 Å². The lowest BCUT2D eigenvalue weighted by atomic mass is 10.2. The summed E-state index contributed by atoms with van der Waals surface area (Å²) < 4.78 is 28.8. The monoisotopic (exact) mass is 308 g/mol. The van der Waals surface area contributed by atoms with Gasteiger partial charge in [-0.3, -0.25) is 9.40 Å². The first-order chi connectivity index (χ1) is 9.92. The SMILES string of the molecule is CC(C)n1cc(NS(=O)(=O)c2ccc(CCN)cc2)cn1. The van der Waals surface area contributed by atoms with E-state index in [1.807, 2.05) is 13.8 Å². The van der Waals surface area contributed by atoms with Crippen LogP contribution >= 0.6 is 0 Å². The third-order valence-electron chi connectivity index (χ3n) is 3.05. The molecule has 7 heteroatoms. The Hall–Kier alpha value is -1.86. The van der Waals surface area contributed by atoms with Crippen molar-refractivity contribution in [1.82, 2.24) is 9.78 Å². The fourth-order valence-electron chi connectivity index (χ4n) is 1.89. The summed E-state index contributed by atoms with van der Waals surface area (Å²) in [6, 6.07) is 6.90. The minimum absolute atomic E-state index is 0.179. The van der Waals surface area contributed by atoms with Crippen molar-refractivity contribution in [2.75, 3.05) is 11.3 Å². The summed E-state index contributed by atoms with van der Waals surface area (Å²) in [6.07, 6.45) is 3.90. The van der Waals surface area contributed by atoms with E-state index in [2.05, 4.69) is 9.82 Å². The number of nitrogens with zero attached hydrogens (tertiary/aromatic N) is 2. The molecule has 1 heterocycles. The summed E-state index contributed by atoms with van der Waals surface area (Å²) in [7, 11) is -3.59. The Balaban J connectivity index is 2.17. The van der Waals surface area contributed by atoms with Gasteiger partial charge in [0.2, 0.25) is 0 Å². The number of sulfonamides is 1. The number of nitrogens with one attached hydrogen (secondary N) is 1. The van der Waals surface area contributed by atoms with Gasteiger partial charge in [0, 0.05) is 12.2 Å². The van der Waals surface area contributed by atoms with Gasteiger partial charge >= 0.3 is 0 Å². The summed E-state index contributed by atoms with van der Waals surface area (Å²) in [5, 5.41) is 4.11. The summed E-state index contributed by atoms with van der Waals surface area (Å²) in [5.41, 5.74) is 6.94. The van der Waals surface area contributed by atoms with Crippen LogP contribution in [0.3, 0.4) is 0 Å². The van der Waals surface area contributed by atoms with E-state index in [9.17, 15) is 8.42 Å². The number of hydrogen-bond acceptors (Lipinski definition) is 4. The zero-order chi connectivity index (χ0) is 15.5. The highest BCUT2D eigenvalue weighted by atomic mass is 32.2. The number of anilines is 1. The van der Waals surface area contributed by atoms with Crippen LogP contribution in [0, 0.1) is 0 Å². The second-order valence-corrected chi connectivity index (χ2v) is 6.77. The van der Waals surface area contributed by atoms with Crippen molar-refractivity contribution in [3.63, 3.8) is 0 Å². The van der Waals surface area contributed by atoms with Gasteiger partial charge in [0.05, 0.1) is 16.8 Å². The van der Waals surface area contributed by atoms with Crippen molar-refractivity contribution in [1.29, 1.82) is 0 Å². The van der Waals surface area contributed by atoms with Crippen molar-refractivity contribution in [3.05, 3.63) is 42.2 Å². The number of rotatable bonds is 6. The molecule has 6 nitrogen and oxygen atoms in total. The molecule has 0 fully saturated rings. The summed E-state index contributed by atoms with van der Waals surface area (Å²) in [4.78, 5) is 0.223. The Morgan fingerprint density at radius 2 is 1.95 bits per heavy atom. The van der Waals surface area contributed by atoms with Crippen LogP contribution in [-0.2, 0) is 16.4 Å². The van der Waals surface area contributed by atoms with E-state index in [0.717, 1.165) is 12.0 Å². The average molecular weight is 308 g/mol. The van der Waals surface area contributed by atoms with E-state index in [0.29, 0.717) is 12.2 Å². The standard InChI is InChI=1S/C14H20N4O2S/c1-11(2)18-10-13(9-16-18)17-21(19,20)14-5-3-12(4-6-14)7-8-15/h3-6,9-11,17H,7-8,15H2,1-2H3. The Kier molecular flexibility index (Phi) is 4.64.